The zero-order chi connectivity index (χ0) is 13.9. The van der Waals surface area contributed by atoms with Crippen LogP contribution in [0.4, 0.5) is 0 Å². The molecule has 0 saturated carbocycles. The number of carbonyl (C=O) groups excluding carboxylic acids is 1. The van der Waals surface area contributed by atoms with Crippen molar-refractivity contribution in [3.05, 3.63) is 35.7 Å². The maximum absolute atomic E-state index is 11.7. The third kappa shape index (κ3) is 2.22. The number of esters is 1. The second-order valence-corrected chi connectivity index (χ2v) is 4.45. The van der Waals surface area contributed by atoms with E-state index in [2.05, 4.69) is 15.5 Å². The molecule has 0 bridgehead atoms. The van der Waals surface area contributed by atoms with Crippen LogP contribution in [-0.4, -0.2) is 39.4 Å². The van der Waals surface area contributed by atoms with E-state index in [1.54, 1.807) is 6.92 Å². The van der Waals surface area contributed by atoms with E-state index in [1.807, 2.05) is 24.3 Å². The lowest BCUT2D eigenvalue weighted by atomic mass is 10.0. The minimum atomic E-state index is -0.510. The summed E-state index contributed by atoms with van der Waals surface area (Å²) in [5.74, 6) is 0.618. The number of nitrogens with zero attached hydrogens (tertiary/aromatic N) is 4. The smallest absolute Gasteiger partial charge is 0.378 e. The Balaban J connectivity index is 1.80. The molecule has 0 fully saturated rings. The van der Waals surface area contributed by atoms with Crippen molar-refractivity contribution >= 4 is 5.97 Å². The average Bonchev–Trinajstić information content (AvgIpc) is 3.07. The van der Waals surface area contributed by atoms with Gasteiger partial charge in [-0.25, -0.2) is 9.48 Å². The van der Waals surface area contributed by atoms with E-state index >= 15 is 0 Å². The number of carbonyl (C=O) groups is 1. The number of fused-ring (bicyclic) bond motifs is 1. The average molecular weight is 274 g/mol. The van der Waals surface area contributed by atoms with Crippen molar-refractivity contribution in [1.82, 2.24) is 20.2 Å². The Hall–Kier alpha value is -2.44. The molecule has 7 heteroatoms. The molecular formula is C13H14N4O3. The molecule has 1 unspecified atom stereocenters. The molecule has 1 atom stereocenters. The fourth-order valence-electron chi connectivity index (χ4n) is 2.26. The second-order valence-electron chi connectivity index (χ2n) is 4.45. The second kappa shape index (κ2) is 5.28. The van der Waals surface area contributed by atoms with Crippen molar-refractivity contribution in [1.29, 1.82) is 0 Å². The molecule has 1 aliphatic heterocycles. The highest BCUT2D eigenvalue weighted by Crippen LogP contribution is 2.34. The molecule has 0 N–H and O–H groups in total. The fraction of sp³-hybridized carbons (Fsp3) is 0.385. The van der Waals surface area contributed by atoms with Crippen molar-refractivity contribution in [3.63, 3.8) is 0 Å². The van der Waals surface area contributed by atoms with Crippen molar-refractivity contribution in [2.75, 3.05) is 13.2 Å². The van der Waals surface area contributed by atoms with Gasteiger partial charge in [0, 0.05) is 11.5 Å². The summed E-state index contributed by atoms with van der Waals surface area (Å²) in [6, 6.07) is 7.84. The maximum Gasteiger partial charge on any atom is 0.378 e. The first-order chi connectivity index (χ1) is 9.79. The maximum atomic E-state index is 11.7. The van der Waals surface area contributed by atoms with E-state index in [0.29, 0.717) is 19.8 Å². The standard InChI is InChI=1S/C13H14N4O3/c1-2-19-13(18)12-14-15-16-17(12)7-9-8-20-11-6-4-3-5-10(9)11/h3-6,9H,2,7-8H2,1H3. The van der Waals surface area contributed by atoms with Crippen LogP contribution < -0.4 is 4.74 Å². The quantitative estimate of drug-likeness (QED) is 0.775. The van der Waals surface area contributed by atoms with Crippen LogP contribution >= 0.6 is 0 Å². The highest BCUT2D eigenvalue weighted by Gasteiger charge is 2.27. The summed E-state index contributed by atoms with van der Waals surface area (Å²) in [4.78, 5) is 11.7. The molecule has 1 aromatic heterocycles. The SMILES string of the molecule is CCOC(=O)c1nnnn1CC1COc2ccccc21. The summed E-state index contributed by atoms with van der Waals surface area (Å²) >= 11 is 0. The molecule has 104 valence electrons. The van der Waals surface area contributed by atoms with Gasteiger partial charge in [-0.2, -0.15) is 0 Å². The number of benzene rings is 1. The van der Waals surface area contributed by atoms with Gasteiger partial charge in [-0.15, -0.1) is 5.10 Å². The molecule has 2 aromatic rings. The zero-order valence-corrected chi connectivity index (χ0v) is 11.0. The van der Waals surface area contributed by atoms with Gasteiger partial charge in [0.05, 0.1) is 19.8 Å². The molecule has 3 rings (SSSR count). The summed E-state index contributed by atoms with van der Waals surface area (Å²) in [6.07, 6.45) is 0. The molecule has 0 spiro atoms. The summed E-state index contributed by atoms with van der Waals surface area (Å²) in [7, 11) is 0. The highest BCUT2D eigenvalue weighted by molar-refractivity contribution is 5.85. The molecule has 0 radical (unpaired) electrons. The molecule has 20 heavy (non-hydrogen) atoms. The van der Waals surface area contributed by atoms with Crippen molar-refractivity contribution in [2.24, 2.45) is 0 Å². The van der Waals surface area contributed by atoms with Crippen molar-refractivity contribution in [2.45, 2.75) is 19.4 Å². The Bertz CT molecular complexity index is 626. The van der Waals surface area contributed by atoms with Gasteiger partial charge in [0.25, 0.3) is 5.82 Å². The molecule has 7 nitrogen and oxygen atoms in total. The molecular weight excluding hydrogens is 260 g/mol. The summed E-state index contributed by atoms with van der Waals surface area (Å²) < 4.78 is 12.0. The number of rotatable bonds is 4. The lowest BCUT2D eigenvalue weighted by molar-refractivity contribution is 0.0503. The minimum absolute atomic E-state index is 0.122. The Kier molecular flexibility index (Phi) is 3.32. The van der Waals surface area contributed by atoms with Gasteiger partial charge in [0.2, 0.25) is 0 Å². The van der Waals surface area contributed by atoms with Gasteiger partial charge >= 0.3 is 5.97 Å². The molecule has 0 saturated heterocycles. The van der Waals surface area contributed by atoms with Gasteiger partial charge in [0.1, 0.15) is 5.75 Å². The number of aromatic nitrogens is 4. The highest BCUT2D eigenvalue weighted by atomic mass is 16.5. The zero-order valence-electron chi connectivity index (χ0n) is 11.0. The fourth-order valence-corrected chi connectivity index (χ4v) is 2.26. The van der Waals surface area contributed by atoms with Gasteiger partial charge in [-0.05, 0) is 23.4 Å². The third-order valence-electron chi connectivity index (χ3n) is 3.18. The number of tetrazole rings is 1. The number of ether oxygens (including phenoxy) is 2. The van der Waals surface area contributed by atoms with E-state index in [1.165, 1.54) is 4.68 Å². The number of hydrogen-bond acceptors (Lipinski definition) is 6. The van der Waals surface area contributed by atoms with E-state index in [-0.39, 0.29) is 11.7 Å². The van der Waals surface area contributed by atoms with Crippen LogP contribution in [0.3, 0.4) is 0 Å². The molecule has 0 amide bonds. The summed E-state index contributed by atoms with van der Waals surface area (Å²) in [5, 5.41) is 11.1. The van der Waals surface area contributed by atoms with Crippen LogP contribution in [0.2, 0.25) is 0 Å². The molecule has 1 aliphatic rings. The van der Waals surface area contributed by atoms with Gasteiger partial charge in [-0.3, -0.25) is 0 Å². The van der Waals surface area contributed by atoms with Crippen molar-refractivity contribution in [3.8, 4) is 5.75 Å². The van der Waals surface area contributed by atoms with Crippen LogP contribution in [0.5, 0.6) is 5.75 Å². The van der Waals surface area contributed by atoms with Crippen molar-refractivity contribution < 1.29 is 14.3 Å². The first-order valence-electron chi connectivity index (χ1n) is 6.44. The lowest BCUT2D eigenvalue weighted by Gasteiger charge is -2.09. The minimum Gasteiger partial charge on any atom is -0.493 e. The number of hydrogen-bond donors (Lipinski definition) is 0. The first kappa shape index (κ1) is 12.6. The molecule has 0 aliphatic carbocycles. The van der Waals surface area contributed by atoms with Crippen LogP contribution in [0.25, 0.3) is 0 Å². The number of para-hydroxylation sites is 1. The van der Waals surface area contributed by atoms with Gasteiger partial charge < -0.3 is 9.47 Å². The Morgan fingerprint density at radius 3 is 3.20 bits per heavy atom. The largest absolute Gasteiger partial charge is 0.493 e. The Morgan fingerprint density at radius 1 is 1.50 bits per heavy atom. The topological polar surface area (TPSA) is 79.1 Å². The monoisotopic (exact) mass is 274 g/mol. The van der Waals surface area contributed by atoms with Gasteiger partial charge in [0.15, 0.2) is 0 Å². The van der Waals surface area contributed by atoms with Crippen LogP contribution in [0.1, 0.15) is 29.0 Å². The van der Waals surface area contributed by atoms with Crippen LogP contribution in [0.15, 0.2) is 24.3 Å². The summed E-state index contributed by atoms with van der Waals surface area (Å²) in [6.45, 7) is 3.08. The van der Waals surface area contributed by atoms with Crippen LogP contribution in [-0.2, 0) is 11.3 Å². The predicted octanol–water partition coefficient (Wildman–Crippen LogP) is 1.03. The Labute approximate surface area is 115 Å². The summed E-state index contributed by atoms with van der Waals surface area (Å²) in [5.41, 5.74) is 1.11. The van der Waals surface area contributed by atoms with Crippen LogP contribution in [0, 0.1) is 0 Å². The normalized spacial score (nSPS) is 16.6. The third-order valence-corrected chi connectivity index (χ3v) is 3.18. The first-order valence-corrected chi connectivity index (χ1v) is 6.44. The molecule has 1 aromatic carbocycles. The Morgan fingerprint density at radius 2 is 2.35 bits per heavy atom. The van der Waals surface area contributed by atoms with E-state index in [4.69, 9.17) is 9.47 Å². The lowest BCUT2D eigenvalue weighted by Crippen LogP contribution is -2.18. The van der Waals surface area contributed by atoms with E-state index in [9.17, 15) is 4.79 Å². The van der Waals surface area contributed by atoms with E-state index < -0.39 is 5.97 Å². The predicted molar refractivity (Wildman–Crippen MR) is 68.5 cm³/mol. The van der Waals surface area contributed by atoms with Gasteiger partial charge in [-0.1, -0.05) is 18.2 Å². The van der Waals surface area contributed by atoms with E-state index in [0.717, 1.165) is 11.3 Å². The molecule has 2 heterocycles.